The zero-order valence-corrected chi connectivity index (χ0v) is 15.4. The zero-order valence-electron chi connectivity index (χ0n) is 13.9. The lowest BCUT2D eigenvalue weighted by Crippen LogP contribution is -2.41. The third-order valence-corrected chi connectivity index (χ3v) is 5.68. The second-order valence-corrected chi connectivity index (χ2v) is 7.48. The Bertz CT molecular complexity index is 863. The maximum Gasteiger partial charge on any atom is 0.230 e. The molecule has 2 bridgehead atoms. The van der Waals surface area contributed by atoms with Gasteiger partial charge in [-0.05, 0) is 30.7 Å². The summed E-state index contributed by atoms with van der Waals surface area (Å²) in [5.74, 6) is -0.843. The summed E-state index contributed by atoms with van der Waals surface area (Å²) in [4.78, 5) is 21.1. The third-order valence-electron chi connectivity index (χ3n) is 5.00. The van der Waals surface area contributed by atoms with Crippen LogP contribution in [0, 0.1) is 12.8 Å². The Kier molecular flexibility index (Phi) is 4.61. The van der Waals surface area contributed by atoms with Gasteiger partial charge < -0.3 is 15.2 Å². The quantitative estimate of drug-likeness (QED) is 0.782. The average Bonchev–Trinajstić information content (AvgIpc) is 3.15. The second-order valence-electron chi connectivity index (χ2n) is 6.71. The molecule has 0 unspecified atom stereocenters. The zero-order chi connectivity index (χ0) is 18.4. The first kappa shape index (κ1) is 17.7. The molecule has 0 spiro atoms. The SMILES string of the molecule is Cc1cc([C@@H]2[C@@H]3O[C@@H](C[C@H]3O)[C@H]2C(=O)Nc2cnc(Cl)c(Cl)c2)ccn1. The number of anilines is 1. The van der Waals surface area contributed by atoms with E-state index in [1.165, 1.54) is 6.20 Å². The van der Waals surface area contributed by atoms with Crippen LogP contribution >= 0.6 is 23.2 Å². The molecular weight excluding hydrogens is 377 g/mol. The van der Waals surface area contributed by atoms with E-state index >= 15 is 0 Å². The number of halogens is 2. The molecule has 0 radical (unpaired) electrons. The van der Waals surface area contributed by atoms with Crippen molar-refractivity contribution in [2.24, 2.45) is 5.92 Å². The number of pyridine rings is 2. The number of hydrogen-bond acceptors (Lipinski definition) is 5. The molecule has 26 heavy (non-hydrogen) atoms. The number of ether oxygens (including phenoxy) is 1. The summed E-state index contributed by atoms with van der Waals surface area (Å²) in [6.45, 7) is 1.89. The monoisotopic (exact) mass is 393 g/mol. The number of aliphatic hydroxyl groups excluding tert-OH is 1. The third kappa shape index (κ3) is 3.07. The minimum absolute atomic E-state index is 0.182. The highest BCUT2D eigenvalue weighted by molar-refractivity contribution is 6.41. The predicted molar refractivity (Wildman–Crippen MR) is 97.4 cm³/mol. The Balaban J connectivity index is 1.62. The molecule has 0 aliphatic carbocycles. The summed E-state index contributed by atoms with van der Waals surface area (Å²) in [5.41, 5.74) is 2.26. The summed E-state index contributed by atoms with van der Waals surface area (Å²) < 4.78 is 5.91. The summed E-state index contributed by atoms with van der Waals surface area (Å²) in [6, 6.07) is 5.36. The first-order chi connectivity index (χ1) is 12.4. The number of carbonyl (C=O) groups excluding carboxylic acids is 1. The van der Waals surface area contributed by atoms with Gasteiger partial charge in [-0.1, -0.05) is 23.2 Å². The van der Waals surface area contributed by atoms with Gasteiger partial charge in [0, 0.05) is 24.2 Å². The van der Waals surface area contributed by atoms with Crippen LogP contribution < -0.4 is 5.32 Å². The average molecular weight is 394 g/mol. The van der Waals surface area contributed by atoms with E-state index in [9.17, 15) is 9.90 Å². The molecule has 2 aromatic rings. The van der Waals surface area contributed by atoms with Gasteiger partial charge in [0.2, 0.25) is 5.91 Å². The number of fused-ring (bicyclic) bond motifs is 2. The lowest BCUT2D eigenvalue weighted by Gasteiger charge is -2.30. The normalized spacial score (nSPS) is 29.8. The number of rotatable bonds is 3. The largest absolute Gasteiger partial charge is 0.390 e. The summed E-state index contributed by atoms with van der Waals surface area (Å²) in [5, 5.41) is 13.6. The fraction of sp³-hybridized carbons (Fsp3) is 0.389. The fourth-order valence-corrected chi connectivity index (χ4v) is 4.20. The molecule has 0 saturated carbocycles. The van der Waals surface area contributed by atoms with Crippen molar-refractivity contribution in [1.29, 1.82) is 0 Å². The fourth-order valence-electron chi connectivity index (χ4n) is 3.93. The number of aryl methyl sites for hydroxylation is 1. The molecule has 2 fully saturated rings. The first-order valence-corrected chi connectivity index (χ1v) is 9.07. The molecule has 6 nitrogen and oxygen atoms in total. The van der Waals surface area contributed by atoms with Crippen molar-refractivity contribution in [2.75, 3.05) is 5.32 Å². The van der Waals surface area contributed by atoms with E-state index in [-0.39, 0.29) is 28.1 Å². The molecule has 2 aromatic heterocycles. The van der Waals surface area contributed by atoms with Crippen molar-refractivity contribution in [1.82, 2.24) is 9.97 Å². The Morgan fingerprint density at radius 1 is 1.35 bits per heavy atom. The highest BCUT2D eigenvalue weighted by Gasteiger charge is 2.56. The minimum Gasteiger partial charge on any atom is -0.390 e. The molecule has 8 heteroatoms. The van der Waals surface area contributed by atoms with Gasteiger partial charge in [-0.2, -0.15) is 0 Å². The van der Waals surface area contributed by atoms with Gasteiger partial charge >= 0.3 is 0 Å². The number of aromatic nitrogens is 2. The van der Waals surface area contributed by atoms with Gasteiger partial charge in [-0.25, -0.2) is 4.98 Å². The van der Waals surface area contributed by atoms with Crippen molar-refractivity contribution < 1.29 is 14.6 Å². The summed E-state index contributed by atoms with van der Waals surface area (Å²) in [6.07, 6.45) is 2.31. The number of carbonyl (C=O) groups is 1. The molecule has 5 atom stereocenters. The molecule has 2 aliphatic heterocycles. The Hall–Kier alpha value is -1.73. The molecular formula is C18H17Cl2N3O3. The van der Waals surface area contributed by atoms with Crippen LogP contribution in [0.3, 0.4) is 0 Å². The van der Waals surface area contributed by atoms with Crippen molar-refractivity contribution >= 4 is 34.8 Å². The highest BCUT2D eigenvalue weighted by atomic mass is 35.5. The molecule has 0 aromatic carbocycles. The van der Waals surface area contributed by atoms with E-state index < -0.39 is 18.1 Å². The van der Waals surface area contributed by atoms with E-state index in [1.54, 1.807) is 12.3 Å². The van der Waals surface area contributed by atoms with Crippen LogP contribution in [0.4, 0.5) is 5.69 Å². The van der Waals surface area contributed by atoms with Crippen LogP contribution in [0.15, 0.2) is 30.6 Å². The van der Waals surface area contributed by atoms with Crippen LogP contribution in [0.5, 0.6) is 0 Å². The molecule has 2 aliphatic rings. The minimum atomic E-state index is -0.575. The predicted octanol–water partition coefficient (Wildman–Crippen LogP) is 2.96. The van der Waals surface area contributed by atoms with Crippen molar-refractivity contribution in [2.45, 2.75) is 37.6 Å². The first-order valence-electron chi connectivity index (χ1n) is 8.32. The molecule has 2 saturated heterocycles. The van der Waals surface area contributed by atoms with Crippen LogP contribution in [-0.2, 0) is 9.53 Å². The van der Waals surface area contributed by atoms with Crippen molar-refractivity contribution in [3.05, 3.63) is 52.0 Å². The lowest BCUT2D eigenvalue weighted by molar-refractivity contribution is -0.121. The smallest absolute Gasteiger partial charge is 0.230 e. The van der Waals surface area contributed by atoms with Gasteiger partial charge in [0.25, 0.3) is 0 Å². The molecule has 4 heterocycles. The van der Waals surface area contributed by atoms with Gasteiger partial charge in [0.05, 0.1) is 41.1 Å². The molecule has 136 valence electrons. The molecule has 2 N–H and O–H groups in total. The maximum absolute atomic E-state index is 13.0. The summed E-state index contributed by atoms with van der Waals surface area (Å²) >= 11 is 11.8. The van der Waals surface area contributed by atoms with Gasteiger partial charge in [-0.3, -0.25) is 9.78 Å². The number of nitrogens with zero attached hydrogens (tertiary/aromatic N) is 2. The van der Waals surface area contributed by atoms with Crippen LogP contribution in [0.2, 0.25) is 10.2 Å². The Labute approximate surface area is 160 Å². The van der Waals surface area contributed by atoms with Gasteiger partial charge in [0.15, 0.2) is 0 Å². The number of hydrogen-bond donors (Lipinski definition) is 2. The van der Waals surface area contributed by atoms with Crippen LogP contribution in [0.1, 0.15) is 23.6 Å². The van der Waals surface area contributed by atoms with E-state index in [0.29, 0.717) is 12.1 Å². The van der Waals surface area contributed by atoms with E-state index in [2.05, 4.69) is 15.3 Å². The maximum atomic E-state index is 13.0. The Morgan fingerprint density at radius 3 is 2.88 bits per heavy atom. The molecule has 4 rings (SSSR count). The topological polar surface area (TPSA) is 84.3 Å². The standard InChI is InChI=1S/C18H17Cl2N3O3/c1-8-4-9(2-3-21-8)14-15(13-6-12(24)16(14)26-13)18(25)23-10-5-11(19)17(20)22-7-10/h2-5,7,12-16,24H,6H2,1H3,(H,23,25)/t12-,13+,14+,15-,16-/m1/s1. The van der Waals surface area contributed by atoms with Crippen LogP contribution in [0.25, 0.3) is 0 Å². The van der Waals surface area contributed by atoms with E-state index in [1.807, 2.05) is 19.1 Å². The van der Waals surface area contributed by atoms with Crippen molar-refractivity contribution in [3.8, 4) is 0 Å². The van der Waals surface area contributed by atoms with E-state index in [4.69, 9.17) is 27.9 Å². The summed E-state index contributed by atoms with van der Waals surface area (Å²) in [7, 11) is 0. The number of nitrogens with one attached hydrogen (secondary N) is 1. The highest BCUT2D eigenvalue weighted by Crippen LogP contribution is 2.49. The van der Waals surface area contributed by atoms with Crippen molar-refractivity contribution in [3.63, 3.8) is 0 Å². The second kappa shape index (κ2) is 6.78. The van der Waals surface area contributed by atoms with Crippen LogP contribution in [-0.4, -0.2) is 39.3 Å². The lowest BCUT2D eigenvalue weighted by atomic mass is 9.74. The number of aliphatic hydroxyl groups is 1. The van der Waals surface area contributed by atoms with Gasteiger partial charge in [-0.15, -0.1) is 0 Å². The van der Waals surface area contributed by atoms with E-state index in [0.717, 1.165) is 11.3 Å². The van der Waals surface area contributed by atoms with Gasteiger partial charge in [0.1, 0.15) is 5.15 Å². The number of amides is 1. The Morgan fingerprint density at radius 2 is 2.15 bits per heavy atom. The molecule has 1 amide bonds.